The van der Waals surface area contributed by atoms with Gasteiger partial charge in [-0.25, -0.2) is 9.97 Å². The number of hydrogen-bond donors (Lipinski definition) is 1. The van der Waals surface area contributed by atoms with E-state index in [-0.39, 0.29) is 11.9 Å². The molecule has 0 radical (unpaired) electrons. The van der Waals surface area contributed by atoms with Crippen LogP contribution < -0.4 is 4.90 Å². The maximum Gasteiger partial charge on any atom is 0.257 e. The number of hydrogen-bond acceptors (Lipinski definition) is 6. The molecule has 2 aromatic heterocycles. The van der Waals surface area contributed by atoms with Gasteiger partial charge < -0.3 is 14.5 Å². The first-order chi connectivity index (χ1) is 10.7. The van der Waals surface area contributed by atoms with Crippen molar-refractivity contribution >= 4 is 11.9 Å². The van der Waals surface area contributed by atoms with Crippen molar-refractivity contribution in [2.75, 3.05) is 38.8 Å². The molecule has 1 N–H and O–H groups in total. The van der Waals surface area contributed by atoms with Gasteiger partial charge in [0.1, 0.15) is 0 Å². The number of H-pyrrole nitrogens is 1. The molecule has 0 spiro atoms. The average Bonchev–Trinajstić information content (AvgIpc) is 3.08. The molecule has 116 valence electrons. The summed E-state index contributed by atoms with van der Waals surface area (Å²) in [7, 11) is 3.71. The van der Waals surface area contributed by atoms with Crippen LogP contribution in [0.4, 0.5) is 5.95 Å². The van der Waals surface area contributed by atoms with Crippen molar-refractivity contribution in [3.63, 3.8) is 0 Å². The van der Waals surface area contributed by atoms with E-state index in [0.717, 1.165) is 5.69 Å². The predicted octanol–water partition coefficient (Wildman–Crippen LogP) is 0.479. The third-order valence-corrected chi connectivity index (χ3v) is 3.56. The smallest absolute Gasteiger partial charge is 0.257 e. The number of carbonyl (C=O) groups is 1. The van der Waals surface area contributed by atoms with Gasteiger partial charge >= 0.3 is 0 Å². The van der Waals surface area contributed by atoms with E-state index in [1.165, 1.54) is 0 Å². The molecule has 1 atom stereocenters. The van der Waals surface area contributed by atoms with Crippen molar-refractivity contribution in [2.45, 2.75) is 6.04 Å². The maximum absolute atomic E-state index is 12.7. The number of morpholine rings is 1. The molecule has 3 heterocycles. The first kappa shape index (κ1) is 14.5. The van der Waals surface area contributed by atoms with Crippen LogP contribution in [0.15, 0.2) is 24.7 Å². The summed E-state index contributed by atoms with van der Waals surface area (Å²) in [5, 5.41) is 6.85. The van der Waals surface area contributed by atoms with E-state index in [1.54, 1.807) is 28.4 Å². The third-order valence-electron chi connectivity index (χ3n) is 3.56. The highest BCUT2D eigenvalue weighted by atomic mass is 16.5. The van der Waals surface area contributed by atoms with Gasteiger partial charge in [-0.15, -0.1) is 0 Å². The first-order valence-corrected chi connectivity index (χ1v) is 7.04. The van der Waals surface area contributed by atoms with E-state index in [0.29, 0.717) is 31.3 Å². The second-order valence-corrected chi connectivity index (χ2v) is 5.27. The van der Waals surface area contributed by atoms with E-state index < -0.39 is 0 Å². The Morgan fingerprint density at radius 3 is 2.82 bits per heavy atom. The zero-order chi connectivity index (χ0) is 15.5. The topological polar surface area (TPSA) is 87.2 Å². The van der Waals surface area contributed by atoms with Gasteiger partial charge in [0.05, 0.1) is 30.5 Å². The summed E-state index contributed by atoms with van der Waals surface area (Å²) in [6.07, 6.45) is 4.79. The molecule has 0 saturated carbocycles. The number of ether oxygens (including phenoxy) is 1. The Balaban J connectivity index is 1.82. The Morgan fingerprint density at radius 1 is 1.41 bits per heavy atom. The zero-order valence-electron chi connectivity index (χ0n) is 12.6. The quantitative estimate of drug-likeness (QED) is 0.887. The van der Waals surface area contributed by atoms with Crippen LogP contribution in [-0.4, -0.2) is 64.8 Å². The van der Waals surface area contributed by atoms with Gasteiger partial charge in [0.15, 0.2) is 0 Å². The molecule has 0 aliphatic carbocycles. The van der Waals surface area contributed by atoms with E-state index in [2.05, 4.69) is 20.2 Å². The van der Waals surface area contributed by atoms with E-state index >= 15 is 0 Å². The van der Waals surface area contributed by atoms with E-state index in [9.17, 15) is 4.79 Å². The van der Waals surface area contributed by atoms with Crippen LogP contribution >= 0.6 is 0 Å². The van der Waals surface area contributed by atoms with Gasteiger partial charge in [0, 0.05) is 39.2 Å². The number of nitrogens with zero attached hydrogens (tertiary/aromatic N) is 5. The molecule has 1 aliphatic heterocycles. The molecule has 22 heavy (non-hydrogen) atoms. The van der Waals surface area contributed by atoms with Gasteiger partial charge in [0.2, 0.25) is 5.95 Å². The number of aromatic nitrogens is 4. The minimum atomic E-state index is -0.169. The molecule has 1 aliphatic rings. The monoisotopic (exact) mass is 302 g/mol. The Bertz CT molecular complexity index is 625. The van der Waals surface area contributed by atoms with Gasteiger partial charge in [-0.2, -0.15) is 5.10 Å². The number of carbonyl (C=O) groups excluding carboxylic acids is 1. The van der Waals surface area contributed by atoms with Crippen molar-refractivity contribution in [1.29, 1.82) is 0 Å². The minimum absolute atomic E-state index is 0.104. The van der Waals surface area contributed by atoms with Crippen LogP contribution in [0, 0.1) is 0 Å². The van der Waals surface area contributed by atoms with Crippen molar-refractivity contribution in [3.8, 4) is 0 Å². The van der Waals surface area contributed by atoms with Gasteiger partial charge in [-0.3, -0.25) is 9.89 Å². The molecule has 1 amide bonds. The third kappa shape index (κ3) is 2.77. The molecule has 3 rings (SSSR count). The molecule has 8 heteroatoms. The number of aromatic amines is 1. The van der Waals surface area contributed by atoms with E-state index in [4.69, 9.17) is 4.74 Å². The van der Waals surface area contributed by atoms with Crippen LogP contribution in [-0.2, 0) is 4.74 Å². The predicted molar refractivity (Wildman–Crippen MR) is 79.5 cm³/mol. The molecule has 8 nitrogen and oxygen atoms in total. The van der Waals surface area contributed by atoms with Crippen molar-refractivity contribution < 1.29 is 9.53 Å². The zero-order valence-corrected chi connectivity index (χ0v) is 12.6. The fourth-order valence-corrected chi connectivity index (χ4v) is 2.39. The molecule has 0 aromatic carbocycles. The lowest BCUT2D eigenvalue weighted by atomic mass is 10.1. The molecular weight excluding hydrogens is 284 g/mol. The average molecular weight is 302 g/mol. The highest BCUT2D eigenvalue weighted by Gasteiger charge is 2.30. The van der Waals surface area contributed by atoms with Crippen molar-refractivity contribution in [1.82, 2.24) is 25.1 Å². The standard InChI is InChI=1S/C14H18N6O2/c1-19(2)14-15-7-10(8-16-14)13(21)20-5-6-22-9-12(20)11-3-4-17-18-11/h3-4,7-8,12H,5-6,9H2,1-2H3,(H,17,18). The highest BCUT2D eigenvalue weighted by molar-refractivity contribution is 5.94. The number of amides is 1. The summed E-state index contributed by atoms with van der Waals surface area (Å²) in [4.78, 5) is 24.7. The van der Waals surface area contributed by atoms with E-state index in [1.807, 2.05) is 20.2 Å². The summed E-state index contributed by atoms with van der Waals surface area (Å²) in [6.45, 7) is 1.50. The fourth-order valence-electron chi connectivity index (χ4n) is 2.39. The molecule has 0 bridgehead atoms. The maximum atomic E-state index is 12.7. The van der Waals surface area contributed by atoms with Crippen LogP contribution in [0.3, 0.4) is 0 Å². The number of nitrogens with one attached hydrogen (secondary N) is 1. The lowest BCUT2D eigenvalue weighted by molar-refractivity contribution is -0.00395. The Labute approximate surface area is 128 Å². The van der Waals surface area contributed by atoms with Crippen molar-refractivity contribution in [3.05, 3.63) is 35.9 Å². The summed E-state index contributed by atoms with van der Waals surface area (Å²) < 4.78 is 5.49. The second kappa shape index (κ2) is 6.10. The van der Waals surface area contributed by atoms with Crippen LogP contribution in [0.25, 0.3) is 0 Å². The summed E-state index contributed by atoms with van der Waals surface area (Å²) in [6, 6.07) is 1.68. The molecule has 1 saturated heterocycles. The molecule has 2 aromatic rings. The molecule has 1 unspecified atom stereocenters. The normalized spacial score (nSPS) is 18.3. The van der Waals surface area contributed by atoms with Crippen LogP contribution in [0.2, 0.25) is 0 Å². The first-order valence-electron chi connectivity index (χ1n) is 7.04. The van der Waals surface area contributed by atoms with Crippen molar-refractivity contribution in [2.24, 2.45) is 0 Å². The van der Waals surface area contributed by atoms with Gasteiger partial charge in [-0.05, 0) is 6.07 Å². The summed E-state index contributed by atoms with van der Waals surface area (Å²) in [5.41, 5.74) is 1.33. The Kier molecular flexibility index (Phi) is 4.01. The molecule has 1 fully saturated rings. The summed E-state index contributed by atoms with van der Waals surface area (Å²) >= 11 is 0. The molecular formula is C14H18N6O2. The minimum Gasteiger partial charge on any atom is -0.377 e. The second-order valence-electron chi connectivity index (χ2n) is 5.27. The van der Waals surface area contributed by atoms with Gasteiger partial charge in [-0.1, -0.05) is 0 Å². The Hall–Kier alpha value is -2.48. The van der Waals surface area contributed by atoms with Gasteiger partial charge in [0.25, 0.3) is 5.91 Å². The van der Waals surface area contributed by atoms with Crippen LogP contribution in [0.5, 0.6) is 0 Å². The largest absolute Gasteiger partial charge is 0.377 e. The number of rotatable bonds is 3. The fraction of sp³-hybridized carbons (Fsp3) is 0.429. The SMILES string of the molecule is CN(C)c1ncc(C(=O)N2CCOCC2c2ccn[nH]2)cn1. The Morgan fingerprint density at radius 2 is 2.18 bits per heavy atom. The lowest BCUT2D eigenvalue weighted by Crippen LogP contribution is -2.43. The highest BCUT2D eigenvalue weighted by Crippen LogP contribution is 2.24. The summed E-state index contributed by atoms with van der Waals surface area (Å²) in [5.74, 6) is 0.469. The van der Waals surface area contributed by atoms with Crippen LogP contribution in [0.1, 0.15) is 22.1 Å². The number of anilines is 1. The lowest BCUT2D eigenvalue weighted by Gasteiger charge is -2.34.